The lowest BCUT2D eigenvalue weighted by atomic mass is 9.89. The second-order valence-electron chi connectivity index (χ2n) is 6.43. The molecular weight excluding hydrogens is 360 g/mol. The second kappa shape index (κ2) is 6.17. The summed E-state index contributed by atoms with van der Waals surface area (Å²) in [7, 11) is 1.85. The number of pyridine rings is 1. The maximum absolute atomic E-state index is 12.4. The smallest absolute Gasteiger partial charge is 0.226 e. The molecule has 1 aliphatic rings. The van der Waals surface area contributed by atoms with Gasteiger partial charge in [0.1, 0.15) is 11.5 Å². The zero-order valence-electron chi connectivity index (χ0n) is 14.5. The Morgan fingerprint density at radius 3 is 2.89 bits per heavy atom. The fourth-order valence-electron chi connectivity index (χ4n) is 3.50. The van der Waals surface area contributed by atoms with Crippen molar-refractivity contribution in [2.24, 2.45) is 7.05 Å². The number of H-pyrrole nitrogens is 1. The van der Waals surface area contributed by atoms with Crippen LogP contribution in [0.5, 0.6) is 0 Å². The Morgan fingerprint density at radius 2 is 2.11 bits per heavy atom. The van der Waals surface area contributed by atoms with E-state index in [1.807, 2.05) is 31.3 Å². The van der Waals surface area contributed by atoms with Gasteiger partial charge in [-0.05, 0) is 30.3 Å². The van der Waals surface area contributed by atoms with Gasteiger partial charge in [-0.2, -0.15) is 10.2 Å². The van der Waals surface area contributed by atoms with E-state index in [4.69, 9.17) is 0 Å². The molecule has 0 saturated carbocycles. The van der Waals surface area contributed by atoms with Crippen molar-refractivity contribution in [2.75, 3.05) is 5.32 Å². The van der Waals surface area contributed by atoms with E-state index in [0.29, 0.717) is 6.42 Å². The van der Waals surface area contributed by atoms with Gasteiger partial charge in [0, 0.05) is 42.2 Å². The number of thiophene rings is 1. The molecule has 5 heterocycles. The monoisotopic (exact) mass is 376 g/mol. The van der Waals surface area contributed by atoms with Crippen LogP contribution in [0.1, 0.15) is 22.8 Å². The third kappa shape index (κ3) is 2.65. The summed E-state index contributed by atoms with van der Waals surface area (Å²) >= 11 is 1.67. The maximum atomic E-state index is 12.4. The maximum Gasteiger partial charge on any atom is 0.226 e. The molecule has 1 atom stereocenters. The number of nitrogens with one attached hydrogen (secondary N) is 2. The summed E-state index contributed by atoms with van der Waals surface area (Å²) in [4.78, 5) is 19.1. The van der Waals surface area contributed by atoms with Crippen LogP contribution < -0.4 is 5.32 Å². The Morgan fingerprint density at radius 1 is 1.19 bits per heavy atom. The van der Waals surface area contributed by atoms with E-state index in [1.54, 1.807) is 28.4 Å². The summed E-state index contributed by atoms with van der Waals surface area (Å²) in [6, 6.07) is 11.9. The average molecular weight is 376 g/mol. The van der Waals surface area contributed by atoms with Gasteiger partial charge in [-0.15, -0.1) is 11.3 Å². The first-order chi connectivity index (χ1) is 13.2. The number of fused-ring (bicyclic) bond motifs is 1. The predicted octanol–water partition coefficient (Wildman–Crippen LogP) is 3.41. The van der Waals surface area contributed by atoms with Gasteiger partial charge in [-0.1, -0.05) is 6.07 Å². The van der Waals surface area contributed by atoms with Gasteiger partial charge < -0.3 is 5.32 Å². The molecule has 8 heteroatoms. The van der Waals surface area contributed by atoms with E-state index in [9.17, 15) is 4.79 Å². The number of aromatic amines is 1. The van der Waals surface area contributed by atoms with Gasteiger partial charge in [0.15, 0.2) is 0 Å². The molecule has 1 aliphatic heterocycles. The van der Waals surface area contributed by atoms with Gasteiger partial charge in [0.25, 0.3) is 0 Å². The van der Waals surface area contributed by atoms with E-state index in [0.717, 1.165) is 38.2 Å². The molecule has 1 amide bonds. The lowest BCUT2D eigenvalue weighted by Crippen LogP contribution is -2.24. The second-order valence-corrected chi connectivity index (χ2v) is 7.54. The third-order valence-electron chi connectivity index (χ3n) is 4.72. The van der Waals surface area contributed by atoms with Crippen molar-refractivity contribution in [1.82, 2.24) is 25.0 Å². The van der Waals surface area contributed by atoms with E-state index in [2.05, 4.69) is 37.7 Å². The van der Waals surface area contributed by atoms with Gasteiger partial charge >= 0.3 is 0 Å². The number of rotatable bonds is 3. The van der Waals surface area contributed by atoms with E-state index in [1.165, 1.54) is 0 Å². The van der Waals surface area contributed by atoms with Crippen molar-refractivity contribution in [2.45, 2.75) is 12.3 Å². The Bertz CT molecular complexity index is 1110. The number of hydrogen-bond donors (Lipinski definition) is 2. The lowest BCUT2D eigenvalue weighted by Gasteiger charge is -2.23. The quantitative estimate of drug-likeness (QED) is 0.573. The van der Waals surface area contributed by atoms with Crippen LogP contribution in [0.4, 0.5) is 5.82 Å². The molecule has 0 spiro atoms. The van der Waals surface area contributed by atoms with Gasteiger partial charge in [-0.3, -0.25) is 19.6 Å². The van der Waals surface area contributed by atoms with Crippen LogP contribution in [0.15, 0.2) is 48.8 Å². The number of amides is 1. The fourth-order valence-corrected chi connectivity index (χ4v) is 4.60. The van der Waals surface area contributed by atoms with E-state index in [-0.39, 0.29) is 11.8 Å². The number of anilines is 1. The van der Waals surface area contributed by atoms with Crippen molar-refractivity contribution in [3.63, 3.8) is 0 Å². The zero-order chi connectivity index (χ0) is 18.4. The van der Waals surface area contributed by atoms with Gasteiger partial charge in [-0.25, -0.2) is 0 Å². The number of hydrogen-bond acceptors (Lipinski definition) is 5. The van der Waals surface area contributed by atoms with Crippen molar-refractivity contribution >= 4 is 23.1 Å². The number of nitrogens with zero attached hydrogens (tertiary/aromatic N) is 4. The number of aromatic nitrogens is 5. The molecule has 0 fully saturated rings. The largest absolute Gasteiger partial charge is 0.311 e. The summed E-state index contributed by atoms with van der Waals surface area (Å²) in [6.45, 7) is 0. The Balaban J connectivity index is 1.65. The van der Waals surface area contributed by atoms with Crippen molar-refractivity contribution < 1.29 is 4.79 Å². The number of carbonyl (C=O) groups is 1. The molecule has 1 unspecified atom stereocenters. The van der Waals surface area contributed by atoms with Crippen molar-refractivity contribution in [3.05, 3.63) is 59.2 Å². The van der Waals surface area contributed by atoms with E-state index >= 15 is 0 Å². The lowest BCUT2D eigenvalue weighted by molar-refractivity contribution is -0.116. The number of aryl methyl sites for hydroxylation is 1. The molecule has 7 nitrogen and oxygen atoms in total. The highest BCUT2D eigenvalue weighted by atomic mass is 32.1. The minimum atomic E-state index is -0.0545. The Kier molecular flexibility index (Phi) is 3.64. The normalized spacial score (nSPS) is 16.2. The minimum absolute atomic E-state index is 0.000406. The van der Waals surface area contributed by atoms with E-state index < -0.39 is 0 Å². The highest BCUT2D eigenvalue weighted by molar-refractivity contribution is 7.15. The van der Waals surface area contributed by atoms with Crippen LogP contribution in [-0.4, -0.2) is 30.9 Å². The minimum Gasteiger partial charge on any atom is -0.311 e. The summed E-state index contributed by atoms with van der Waals surface area (Å²) in [5.74, 6) is 0.689. The summed E-state index contributed by atoms with van der Waals surface area (Å²) in [5.41, 5.74) is 3.62. The molecule has 0 bridgehead atoms. The zero-order valence-corrected chi connectivity index (χ0v) is 15.3. The highest BCUT2D eigenvalue weighted by Gasteiger charge is 2.34. The molecule has 0 aliphatic carbocycles. The SMILES string of the molecule is Cn1nc(-c2ccccn2)c2c1NC(=O)CC2c1ccc(-c2ccn[nH]2)s1. The van der Waals surface area contributed by atoms with Crippen LogP contribution in [-0.2, 0) is 11.8 Å². The standard InChI is InChI=1S/C19H16N6OS/c1-25-19-17(18(24-25)13-4-2-3-8-20-13)11(10-16(26)22-19)14-5-6-15(27-14)12-7-9-21-23-12/h2-9,11H,10H2,1H3,(H,21,23)(H,22,26). The molecule has 4 aromatic rings. The predicted molar refractivity (Wildman–Crippen MR) is 103 cm³/mol. The molecule has 0 aromatic carbocycles. The van der Waals surface area contributed by atoms with Gasteiger partial charge in [0.05, 0.1) is 16.3 Å². The third-order valence-corrected chi connectivity index (χ3v) is 5.96. The average Bonchev–Trinajstić information content (AvgIpc) is 3.42. The van der Waals surface area contributed by atoms with Crippen molar-refractivity contribution in [3.8, 4) is 22.0 Å². The summed E-state index contributed by atoms with van der Waals surface area (Å²) in [6.07, 6.45) is 3.89. The summed E-state index contributed by atoms with van der Waals surface area (Å²) < 4.78 is 1.73. The van der Waals surface area contributed by atoms with Crippen LogP contribution in [0.3, 0.4) is 0 Å². The van der Waals surface area contributed by atoms with Crippen LogP contribution in [0, 0.1) is 0 Å². The first-order valence-corrected chi connectivity index (χ1v) is 9.40. The number of carbonyl (C=O) groups excluding carboxylic acids is 1. The van der Waals surface area contributed by atoms with Crippen molar-refractivity contribution in [1.29, 1.82) is 0 Å². The van der Waals surface area contributed by atoms with Crippen LogP contribution >= 0.6 is 11.3 Å². The molecule has 5 rings (SSSR count). The molecular formula is C19H16N6OS. The molecule has 4 aromatic heterocycles. The molecule has 0 radical (unpaired) electrons. The fraction of sp³-hybridized carbons (Fsp3) is 0.158. The van der Waals surface area contributed by atoms with Crippen LogP contribution in [0.2, 0.25) is 0 Å². The Labute approximate surface area is 159 Å². The van der Waals surface area contributed by atoms with Crippen LogP contribution in [0.25, 0.3) is 22.0 Å². The van der Waals surface area contributed by atoms with Gasteiger partial charge in [0.2, 0.25) is 5.91 Å². The molecule has 0 saturated heterocycles. The highest BCUT2D eigenvalue weighted by Crippen LogP contribution is 2.45. The summed E-state index contributed by atoms with van der Waals surface area (Å²) in [5, 5.41) is 14.6. The first-order valence-electron chi connectivity index (χ1n) is 8.58. The molecule has 2 N–H and O–H groups in total. The topological polar surface area (TPSA) is 88.5 Å². The molecule has 134 valence electrons. The first kappa shape index (κ1) is 16.0. The molecule has 27 heavy (non-hydrogen) atoms. The Hall–Kier alpha value is -3.26.